The summed E-state index contributed by atoms with van der Waals surface area (Å²) in [6, 6.07) is 18.1. The zero-order valence-corrected chi connectivity index (χ0v) is 22.1. The van der Waals surface area contributed by atoms with Crippen LogP contribution in [0.25, 0.3) is 11.5 Å². The van der Waals surface area contributed by atoms with Gasteiger partial charge in [0.1, 0.15) is 12.2 Å². The second kappa shape index (κ2) is 10.8. The lowest BCUT2D eigenvalue weighted by atomic mass is 9.86. The normalized spacial score (nSPS) is 17.7. The molecule has 1 aliphatic rings. The van der Waals surface area contributed by atoms with Crippen molar-refractivity contribution in [3.63, 3.8) is 0 Å². The van der Waals surface area contributed by atoms with Gasteiger partial charge in [0, 0.05) is 48.3 Å². The number of halogens is 2. The fourth-order valence-electron chi connectivity index (χ4n) is 4.71. The summed E-state index contributed by atoms with van der Waals surface area (Å²) >= 11 is 12.5. The quantitative estimate of drug-likeness (QED) is 0.294. The van der Waals surface area contributed by atoms with E-state index in [0.717, 1.165) is 11.1 Å². The van der Waals surface area contributed by atoms with Crippen LogP contribution in [-0.4, -0.2) is 45.1 Å². The number of hydrogen-bond acceptors (Lipinski definition) is 7. The maximum absolute atomic E-state index is 13.5. The molecule has 1 unspecified atom stereocenters. The average molecular weight is 548 g/mol. The van der Waals surface area contributed by atoms with E-state index in [4.69, 9.17) is 37.7 Å². The van der Waals surface area contributed by atoms with Gasteiger partial charge in [-0.1, -0.05) is 34.4 Å². The number of hydrogen-bond donors (Lipinski definition) is 0. The number of aryl methyl sites for hydroxylation is 1. The van der Waals surface area contributed by atoms with Crippen molar-refractivity contribution in [2.45, 2.75) is 25.9 Å². The van der Waals surface area contributed by atoms with Gasteiger partial charge in [-0.05, 0) is 61.9 Å². The number of ether oxygens (including phenoxy) is 1. The predicted molar refractivity (Wildman–Crippen MR) is 142 cm³/mol. The topological polar surface area (TPSA) is 105 Å². The summed E-state index contributed by atoms with van der Waals surface area (Å²) in [6.07, 6.45) is 1.19. The second-order valence-corrected chi connectivity index (χ2v) is 10.0. The lowest BCUT2D eigenvalue weighted by Gasteiger charge is -2.25. The number of likely N-dealkylation sites (tertiary alicyclic amines) is 1. The molecule has 38 heavy (non-hydrogen) atoms. The molecule has 0 N–H and O–H groups in total. The molecule has 2 aromatic carbocycles. The van der Waals surface area contributed by atoms with Gasteiger partial charge in [-0.3, -0.25) is 4.79 Å². The van der Waals surface area contributed by atoms with Gasteiger partial charge in [-0.2, -0.15) is 10.2 Å². The molecule has 0 saturated carbocycles. The van der Waals surface area contributed by atoms with E-state index >= 15 is 0 Å². The Morgan fingerprint density at radius 2 is 1.92 bits per heavy atom. The third-order valence-electron chi connectivity index (χ3n) is 6.71. The number of pyridine rings is 1. The first kappa shape index (κ1) is 25.7. The van der Waals surface area contributed by atoms with Crippen LogP contribution in [0.4, 0.5) is 0 Å². The molecular formula is C28H23Cl2N5O3. The minimum Gasteiger partial charge on any atom is -0.474 e. The smallest absolute Gasteiger partial charge is 0.257 e. The molecule has 1 aliphatic heterocycles. The van der Waals surface area contributed by atoms with Crippen LogP contribution in [-0.2, 0) is 0 Å². The number of carbonyl (C=O) groups is 1. The fraction of sp³-hybridized carbons (Fsp3) is 0.250. The van der Waals surface area contributed by atoms with Crippen molar-refractivity contribution in [3.8, 4) is 23.4 Å². The van der Waals surface area contributed by atoms with Crippen molar-refractivity contribution >= 4 is 29.1 Å². The summed E-state index contributed by atoms with van der Waals surface area (Å²) in [5, 5.41) is 13.8. The first-order chi connectivity index (χ1) is 18.3. The Morgan fingerprint density at radius 3 is 2.55 bits per heavy atom. The van der Waals surface area contributed by atoms with E-state index in [9.17, 15) is 4.79 Å². The van der Waals surface area contributed by atoms with E-state index in [2.05, 4.69) is 21.2 Å². The standard InChI is InChI=1S/C28H23Cl2N5O3/c1-16(37-26-10-3-18(12-31)13-32-26)22-14-35(15-23(22)21-8-9-24(29)25(30)11-21)28(36)20-6-4-19(5-7-20)27-33-17(2)34-38-27/h3-11,13,16,22-23H,14-15H2,1-2H3/t16-,22?,23+/m0/s1. The third kappa shape index (κ3) is 5.35. The van der Waals surface area contributed by atoms with Crippen molar-refractivity contribution in [2.24, 2.45) is 5.92 Å². The van der Waals surface area contributed by atoms with E-state index in [1.54, 1.807) is 49.4 Å². The lowest BCUT2D eigenvalue weighted by Crippen LogP contribution is -2.32. The average Bonchev–Trinajstić information content (AvgIpc) is 3.57. The highest BCUT2D eigenvalue weighted by Crippen LogP contribution is 2.39. The number of amides is 1. The first-order valence-corrected chi connectivity index (χ1v) is 12.8. The number of rotatable bonds is 6. The maximum Gasteiger partial charge on any atom is 0.257 e. The van der Waals surface area contributed by atoms with Gasteiger partial charge in [-0.25, -0.2) is 4.98 Å². The fourth-order valence-corrected chi connectivity index (χ4v) is 5.02. The van der Waals surface area contributed by atoms with Crippen molar-refractivity contribution in [1.29, 1.82) is 5.26 Å². The Kier molecular flexibility index (Phi) is 7.32. The molecule has 3 heterocycles. The van der Waals surface area contributed by atoms with Crippen LogP contribution in [0.3, 0.4) is 0 Å². The molecule has 10 heteroatoms. The van der Waals surface area contributed by atoms with Gasteiger partial charge in [0.15, 0.2) is 5.82 Å². The number of nitriles is 1. The highest BCUT2D eigenvalue weighted by Gasteiger charge is 2.40. The van der Waals surface area contributed by atoms with Gasteiger partial charge in [0.05, 0.1) is 15.6 Å². The molecule has 4 aromatic rings. The van der Waals surface area contributed by atoms with Gasteiger partial charge >= 0.3 is 0 Å². The molecule has 0 bridgehead atoms. The molecule has 8 nitrogen and oxygen atoms in total. The first-order valence-electron chi connectivity index (χ1n) is 12.0. The van der Waals surface area contributed by atoms with E-state index in [-0.39, 0.29) is 23.8 Å². The Hall–Kier alpha value is -3.93. The zero-order chi connectivity index (χ0) is 26.8. The highest BCUT2D eigenvalue weighted by molar-refractivity contribution is 6.42. The van der Waals surface area contributed by atoms with Crippen LogP contribution in [0.15, 0.2) is 65.3 Å². The predicted octanol–water partition coefficient (Wildman–Crippen LogP) is 5.94. The minimum atomic E-state index is -0.282. The van der Waals surface area contributed by atoms with Gasteiger partial charge in [0.2, 0.25) is 5.88 Å². The monoisotopic (exact) mass is 547 g/mol. The van der Waals surface area contributed by atoms with Crippen LogP contribution in [0.2, 0.25) is 10.0 Å². The van der Waals surface area contributed by atoms with Gasteiger partial charge < -0.3 is 14.2 Å². The molecule has 0 aliphatic carbocycles. The van der Waals surface area contributed by atoms with Crippen molar-refractivity contribution in [1.82, 2.24) is 20.0 Å². The van der Waals surface area contributed by atoms with Crippen LogP contribution in [0.5, 0.6) is 5.88 Å². The summed E-state index contributed by atoms with van der Waals surface area (Å²) in [5.74, 6) is 1.20. The third-order valence-corrected chi connectivity index (χ3v) is 7.44. The number of aromatic nitrogens is 3. The van der Waals surface area contributed by atoms with E-state index in [1.807, 2.05) is 24.0 Å². The second-order valence-electron chi connectivity index (χ2n) is 9.20. The molecule has 1 saturated heterocycles. The largest absolute Gasteiger partial charge is 0.474 e. The number of carbonyl (C=O) groups excluding carboxylic acids is 1. The van der Waals surface area contributed by atoms with Crippen LogP contribution in [0, 0.1) is 24.2 Å². The Labute approximate surface area is 229 Å². The molecule has 2 aromatic heterocycles. The molecule has 0 spiro atoms. The highest BCUT2D eigenvalue weighted by atomic mass is 35.5. The molecule has 3 atom stereocenters. The van der Waals surface area contributed by atoms with Crippen molar-refractivity contribution in [3.05, 3.63) is 93.4 Å². The van der Waals surface area contributed by atoms with E-state index in [0.29, 0.717) is 51.9 Å². The van der Waals surface area contributed by atoms with Gasteiger partial charge in [-0.15, -0.1) is 0 Å². The van der Waals surface area contributed by atoms with Crippen molar-refractivity contribution in [2.75, 3.05) is 13.1 Å². The van der Waals surface area contributed by atoms with Crippen LogP contribution in [0.1, 0.15) is 40.2 Å². The van der Waals surface area contributed by atoms with Crippen LogP contribution < -0.4 is 4.74 Å². The molecule has 1 amide bonds. The Bertz CT molecular complexity index is 1500. The number of nitrogens with zero attached hydrogens (tertiary/aromatic N) is 5. The number of benzene rings is 2. The molecule has 0 radical (unpaired) electrons. The van der Waals surface area contributed by atoms with Crippen LogP contribution >= 0.6 is 23.2 Å². The Balaban J connectivity index is 1.38. The van der Waals surface area contributed by atoms with Crippen molar-refractivity contribution < 1.29 is 14.1 Å². The van der Waals surface area contributed by atoms with Gasteiger partial charge in [0.25, 0.3) is 11.8 Å². The summed E-state index contributed by atoms with van der Waals surface area (Å²) < 4.78 is 11.4. The SMILES string of the molecule is Cc1noc(-c2ccc(C(=O)N3CC([C@H](C)Oc4ccc(C#N)cn4)[C@@H](c4ccc(Cl)c(Cl)c4)C3)cc2)n1. The lowest BCUT2D eigenvalue weighted by molar-refractivity contribution is 0.0769. The zero-order valence-electron chi connectivity index (χ0n) is 20.6. The van der Waals surface area contributed by atoms with E-state index < -0.39 is 0 Å². The molecule has 1 fully saturated rings. The minimum absolute atomic E-state index is 0.0391. The Morgan fingerprint density at radius 1 is 1.13 bits per heavy atom. The van der Waals surface area contributed by atoms with E-state index in [1.165, 1.54) is 6.20 Å². The summed E-state index contributed by atoms with van der Waals surface area (Å²) in [4.78, 5) is 23.8. The molecule has 5 rings (SSSR count). The summed E-state index contributed by atoms with van der Waals surface area (Å²) in [5.41, 5.74) is 2.73. The summed E-state index contributed by atoms with van der Waals surface area (Å²) in [6.45, 7) is 4.68. The molecular weight excluding hydrogens is 525 g/mol. The maximum atomic E-state index is 13.5. The molecule has 192 valence electrons. The summed E-state index contributed by atoms with van der Waals surface area (Å²) in [7, 11) is 0.